The molecule has 0 radical (unpaired) electrons. The fourth-order valence-electron chi connectivity index (χ4n) is 1.87. The number of thiol groups is 1. The summed E-state index contributed by atoms with van der Waals surface area (Å²) in [6.07, 6.45) is 8.70. The second kappa shape index (κ2) is 3.67. The molecule has 2 rings (SSSR count). The Morgan fingerprint density at radius 3 is 3.00 bits per heavy atom. The van der Waals surface area contributed by atoms with Gasteiger partial charge in [0.15, 0.2) is 0 Å². The molecule has 0 aromatic carbocycles. The highest BCUT2D eigenvalue weighted by molar-refractivity contribution is 8.21. The zero-order chi connectivity index (χ0) is 8.39. The van der Waals surface area contributed by atoms with Crippen LogP contribution in [0, 0.1) is 0 Å². The van der Waals surface area contributed by atoms with E-state index in [1.54, 1.807) is 5.57 Å². The lowest BCUT2D eigenvalue weighted by molar-refractivity contribution is 0.445. The molecule has 1 fully saturated rings. The Balaban J connectivity index is 1.99. The van der Waals surface area contributed by atoms with Gasteiger partial charge in [0.1, 0.15) is 0 Å². The minimum Gasteiger partial charge on any atom is -0.310 e. The molecule has 0 aromatic heterocycles. The van der Waals surface area contributed by atoms with Crippen LogP contribution in [0.1, 0.15) is 19.3 Å². The maximum Gasteiger partial charge on any atom is 0.0324 e. The van der Waals surface area contributed by atoms with Gasteiger partial charge in [-0.3, -0.25) is 0 Å². The van der Waals surface area contributed by atoms with E-state index in [0.717, 1.165) is 0 Å². The summed E-state index contributed by atoms with van der Waals surface area (Å²) < 4.78 is 0. The molecular weight excluding hydrogens is 166 g/mol. The van der Waals surface area contributed by atoms with Crippen molar-refractivity contribution in [2.75, 3.05) is 12.8 Å². The largest absolute Gasteiger partial charge is 0.310 e. The van der Waals surface area contributed by atoms with Crippen molar-refractivity contribution in [1.82, 2.24) is 5.32 Å². The minimum absolute atomic E-state index is 0.0883. The number of rotatable bonds is 1. The molecule has 1 saturated heterocycles. The minimum atomic E-state index is 0.0883. The zero-order valence-corrected chi connectivity index (χ0v) is 8.48. The third kappa shape index (κ3) is 1.75. The second-order valence-corrected chi connectivity index (χ2v) is 5.50. The van der Waals surface area contributed by atoms with Crippen LogP contribution in [0.25, 0.3) is 0 Å². The molecule has 1 N–H and O–H groups in total. The SMILES string of the molecule is C[SH]1C=CC(C2CCCCN2)=C1. The van der Waals surface area contributed by atoms with Crippen molar-refractivity contribution in [2.45, 2.75) is 25.3 Å². The first-order chi connectivity index (χ1) is 5.86. The van der Waals surface area contributed by atoms with E-state index in [2.05, 4.69) is 28.5 Å². The highest BCUT2D eigenvalue weighted by atomic mass is 32.2. The van der Waals surface area contributed by atoms with Gasteiger partial charge in [0.25, 0.3) is 0 Å². The Hall–Kier alpha value is -0.210. The molecule has 0 spiro atoms. The van der Waals surface area contributed by atoms with E-state index >= 15 is 0 Å². The summed E-state index contributed by atoms with van der Waals surface area (Å²) in [5.41, 5.74) is 1.54. The summed E-state index contributed by atoms with van der Waals surface area (Å²) in [5, 5.41) is 8.36. The summed E-state index contributed by atoms with van der Waals surface area (Å²) >= 11 is 0. The van der Waals surface area contributed by atoms with Gasteiger partial charge in [-0.15, -0.1) is 0 Å². The summed E-state index contributed by atoms with van der Waals surface area (Å²) in [6, 6.07) is 0.669. The van der Waals surface area contributed by atoms with Crippen molar-refractivity contribution in [3.63, 3.8) is 0 Å². The first-order valence-corrected chi connectivity index (χ1v) is 6.64. The van der Waals surface area contributed by atoms with E-state index < -0.39 is 0 Å². The lowest BCUT2D eigenvalue weighted by Crippen LogP contribution is -2.34. The van der Waals surface area contributed by atoms with Crippen LogP contribution in [0.2, 0.25) is 0 Å². The molecule has 2 heterocycles. The first kappa shape index (κ1) is 8.39. The van der Waals surface area contributed by atoms with Crippen molar-refractivity contribution in [3.8, 4) is 0 Å². The predicted octanol–water partition coefficient (Wildman–Crippen LogP) is 2.17. The molecule has 0 bridgehead atoms. The summed E-state index contributed by atoms with van der Waals surface area (Å²) in [5.74, 6) is 0. The summed E-state index contributed by atoms with van der Waals surface area (Å²) in [6.45, 7) is 1.21. The van der Waals surface area contributed by atoms with Gasteiger partial charge in [0.05, 0.1) is 0 Å². The first-order valence-electron chi connectivity index (χ1n) is 4.71. The number of piperidine rings is 1. The average molecular weight is 183 g/mol. The molecule has 2 aliphatic heterocycles. The van der Waals surface area contributed by atoms with Crippen molar-refractivity contribution >= 4 is 10.9 Å². The van der Waals surface area contributed by atoms with Crippen molar-refractivity contribution in [3.05, 3.63) is 22.5 Å². The van der Waals surface area contributed by atoms with Crippen molar-refractivity contribution in [2.24, 2.45) is 0 Å². The topological polar surface area (TPSA) is 12.0 Å². The van der Waals surface area contributed by atoms with Crippen LogP contribution >= 0.6 is 10.9 Å². The number of nitrogens with one attached hydrogen (secondary N) is 1. The lowest BCUT2D eigenvalue weighted by atomic mass is 9.99. The Bertz CT molecular complexity index is 214. The van der Waals surface area contributed by atoms with Gasteiger partial charge in [0.2, 0.25) is 0 Å². The van der Waals surface area contributed by atoms with E-state index in [9.17, 15) is 0 Å². The molecule has 0 amide bonds. The van der Waals surface area contributed by atoms with Gasteiger partial charge < -0.3 is 5.32 Å². The third-order valence-corrected chi connectivity index (χ3v) is 3.89. The smallest absolute Gasteiger partial charge is 0.0324 e. The predicted molar refractivity (Wildman–Crippen MR) is 57.8 cm³/mol. The average Bonchev–Trinajstić information content (AvgIpc) is 2.54. The molecule has 2 aliphatic rings. The number of hydrogen-bond donors (Lipinski definition) is 2. The maximum atomic E-state index is 3.57. The lowest BCUT2D eigenvalue weighted by Gasteiger charge is -2.23. The highest BCUT2D eigenvalue weighted by Gasteiger charge is 2.17. The molecule has 0 aliphatic carbocycles. The molecule has 0 saturated carbocycles. The van der Waals surface area contributed by atoms with Crippen LogP contribution in [-0.2, 0) is 0 Å². The van der Waals surface area contributed by atoms with Gasteiger partial charge >= 0.3 is 0 Å². The van der Waals surface area contributed by atoms with Gasteiger partial charge in [-0.05, 0) is 42.0 Å². The second-order valence-electron chi connectivity index (χ2n) is 3.61. The Morgan fingerprint density at radius 1 is 1.50 bits per heavy atom. The van der Waals surface area contributed by atoms with E-state index in [4.69, 9.17) is 0 Å². The van der Waals surface area contributed by atoms with Gasteiger partial charge in [-0.1, -0.05) is 12.5 Å². The standard InChI is InChI=1S/C10H17NS/c1-12-7-5-9(8-12)10-4-2-3-6-11-10/h5,7-8,10-12H,2-4,6H2,1H3. The molecule has 2 heteroatoms. The monoisotopic (exact) mass is 183 g/mol. The van der Waals surface area contributed by atoms with Crippen LogP contribution in [0.4, 0.5) is 0 Å². The van der Waals surface area contributed by atoms with Crippen molar-refractivity contribution < 1.29 is 0 Å². The number of hydrogen-bond acceptors (Lipinski definition) is 1. The van der Waals surface area contributed by atoms with Crippen LogP contribution in [0.5, 0.6) is 0 Å². The van der Waals surface area contributed by atoms with Gasteiger partial charge in [-0.2, -0.15) is 0 Å². The van der Waals surface area contributed by atoms with Crippen LogP contribution in [-0.4, -0.2) is 18.8 Å². The van der Waals surface area contributed by atoms with E-state index in [0.29, 0.717) is 6.04 Å². The Morgan fingerprint density at radius 2 is 2.42 bits per heavy atom. The van der Waals surface area contributed by atoms with Crippen LogP contribution in [0.15, 0.2) is 22.5 Å². The van der Waals surface area contributed by atoms with Crippen LogP contribution < -0.4 is 5.32 Å². The zero-order valence-electron chi connectivity index (χ0n) is 7.59. The molecule has 68 valence electrons. The third-order valence-electron chi connectivity index (χ3n) is 2.57. The van der Waals surface area contributed by atoms with Gasteiger partial charge in [0, 0.05) is 6.04 Å². The Labute approximate surface area is 77.3 Å². The van der Waals surface area contributed by atoms with Gasteiger partial charge in [-0.25, -0.2) is 10.9 Å². The Kier molecular flexibility index (Phi) is 2.57. The fourth-order valence-corrected chi connectivity index (χ4v) is 3.10. The molecule has 0 aromatic rings. The summed E-state index contributed by atoms with van der Waals surface area (Å²) in [7, 11) is 0.0883. The van der Waals surface area contributed by atoms with Crippen molar-refractivity contribution in [1.29, 1.82) is 0 Å². The van der Waals surface area contributed by atoms with E-state index in [-0.39, 0.29) is 10.9 Å². The molecule has 1 nitrogen and oxygen atoms in total. The maximum absolute atomic E-state index is 3.57. The normalized spacial score (nSPS) is 38.2. The molecule has 2 unspecified atom stereocenters. The highest BCUT2D eigenvalue weighted by Crippen LogP contribution is 2.34. The van der Waals surface area contributed by atoms with Crippen LogP contribution in [0.3, 0.4) is 0 Å². The molecular formula is C10H17NS. The fraction of sp³-hybridized carbons (Fsp3) is 0.600. The van der Waals surface area contributed by atoms with E-state index in [1.807, 2.05) is 0 Å². The summed E-state index contributed by atoms with van der Waals surface area (Å²) in [4.78, 5) is 0. The molecule has 12 heavy (non-hydrogen) atoms. The molecule has 2 atom stereocenters. The quantitative estimate of drug-likeness (QED) is 0.594. The van der Waals surface area contributed by atoms with E-state index in [1.165, 1.54) is 25.8 Å².